The number of rotatable bonds is 8. The number of hydrogen-bond acceptors (Lipinski definition) is 4. The van der Waals surface area contributed by atoms with Crippen LogP contribution in [0.1, 0.15) is 45.1 Å². The lowest BCUT2D eigenvalue weighted by Crippen LogP contribution is -2.46. The van der Waals surface area contributed by atoms with Crippen LogP contribution in [-0.2, 0) is 16.1 Å². The Morgan fingerprint density at radius 1 is 1.29 bits per heavy atom. The van der Waals surface area contributed by atoms with Crippen molar-refractivity contribution in [3.05, 3.63) is 29.8 Å². The molecule has 6 nitrogen and oxygen atoms in total. The van der Waals surface area contributed by atoms with E-state index >= 15 is 0 Å². The number of esters is 1. The Bertz CT molecular complexity index is 617. The van der Waals surface area contributed by atoms with E-state index in [0.29, 0.717) is 13.2 Å². The smallest absolute Gasteiger partial charge is 0.309 e. The van der Waals surface area contributed by atoms with Gasteiger partial charge in [0.15, 0.2) is 5.96 Å². The van der Waals surface area contributed by atoms with Crippen molar-refractivity contribution in [1.82, 2.24) is 10.2 Å². The van der Waals surface area contributed by atoms with Gasteiger partial charge in [-0.25, -0.2) is 0 Å². The van der Waals surface area contributed by atoms with E-state index in [4.69, 9.17) is 9.47 Å². The van der Waals surface area contributed by atoms with E-state index in [2.05, 4.69) is 34.3 Å². The van der Waals surface area contributed by atoms with Gasteiger partial charge in [0.1, 0.15) is 5.75 Å². The van der Waals surface area contributed by atoms with Crippen LogP contribution in [0.3, 0.4) is 0 Å². The molecular formula is C21H34IN3O3. The fourth-order valence-electron chi connectivity index (χ4n) is 3.18. The molecule has 158 valence electrons. The minimum absolute atomic E-state index is 0. The van der Waals surface area contributed by atoms with Gasteiger partial charge in [-0.1, -0.05) is 25.5 Å². The lowest BCUT2D eigenvalue weighted by atomic mass is 9.97. The molecule has 0 saturated carbocycles. The molecule has 28 heavy (non-hydrogen) atoms. The molecule has 0 bridgehead atoms. The first-order valence-electron chi connectivity index (χ1n) is 10.0. The Kier molecular flexibility index (Phi) is 11.9. The standard InChI is InChI=1S/C21H33N3O3.HI/c1-4-6-14-27-19-9-7-8-17(15-19)16-23-21(22-3)24-12-10-18(11-13-24)20(25)26-5-2;/h7-9,15,18H,4-6,10-14,16H2,1-3H3,(H,22,23);1H. The first kappa shape index (κ1) is 24.5. The predicted molar refractivity (Wildman–Crippen MR) is 123 cm³/mol. The maximum absolute atomic E-state index is 11.9. The molecule has 1 saturated heterocycles. The van der Waals surface area contributed by atoms with Crippen LogP contribution in [0.4, 0.5) is 0 Å². The minimum Gasteiger partial charge on any atom is -0.494 e. The van der Waals surface area contributed by atoms with Crippen LogP contribution < -0.4 is 10.1 Å². The highest BCUT2D eigenvalue weighted by molar-refractivity contribution is 14.0. The normalized spacial score (nSPS) is 15.0. The van der Waals surface area contributed by atoms with Crippen molar-refractivity contribution in [3.8, 4) is 5.75 Å². The highest BCUT2D eigenvalue weighted by Crippen LogP contribution is 2.19. The van der Waals surface area contributed by atoms with Crippen LogP contribution in [-0.4, -0.2) is 50.2 Å². The minimum atomic E-state index is -0.0695. The van der Waals surface area contributed by atoms with Gasteiger partial charge < -0.3 is 19.7 Å². The van der Waals surface area contributed by atoms with Crippen molar-refractivity contribution in [1.29, 1.82) is 0 Å². The van der Waals surface area contributed by atoms with Gasteiger partial charge in [0.2, 0.25) is 0 Å². The number of aliphatic imine (C=N–C) groups is 1. The van der Waals surface area contributed by atoms with Crippen molar-refractivity contribution in [2.24, 2.45) is 10.9 Å². The Morgan fingerprint density at radius 2 is 2.04 bits per heavy atom. The molecule has 1 aliphatic rings. The summed E-state index contributed by atoms with van der Waals surface area (Å²) in [4.78, 5) is 18.5. The van der Waals surface area contributed by atoms with E-state index in [0.717, 1.165) is 62.7 Å². The molecule has 0 amide bonds. The van der Waals surface area contributed by atoms with Crippen LogP contribution in [0.15, 0.2) is 29.3 Å². The van der Waals surface area contributed by atoms with Gasteiger partial charge in [-0.2, -0.15) is 0 Å². The summed E-state index contributed by atoms with van der Waals surface area (Å²) in [6, 6.07) is 8.17. The third kappa shape index (κ3) is 7.85. The Balaban J connectivity index is 0.00000392. The number of piperidine rings is 1. The van der Waals surface area contributed by atoms with Crippen molar-refractivity contribution < 1.29 is 14.3 Å². The molecule has 0 radical (unpaired) electrons. The SMILES string of the molecule is CCCCOc1cccc(CNC(=NC)N2CCC(C(=O)OCC)CC2)c1.I. The average Bonchev–Trinajstić information content (AvgIpc) is 2.70. The summed E-state index contributed by atoms with van der Waals surface area (Å²) >= 11 is 0. The lowest BCUT2D eigenvalue weighted by Gasteiger charge is -2.33. The number of guanidine groups is 1. The van der Waals surface area contributed by atoms with Gasteiger partial charge in [0.25, 0.3) is 0 Å². The zero-order chi connectivity index (χ0) is 19.5. The van der Waals surface area contributed by atoms with E-state index in [9.17, 15) is 4.79 Å². The number of carbonyl (C=O) groups excluding carboxylic acids is 1. The number of benzene rings is 1. The van der Waals surface area contributed by atoms with Crippen molar-refractivity contribution in [2.75, 3.05) is 33.4 Å². The second kappa shape index (κ2) is 13.6. The van der Waals surface area contributed by atoms with E-state index in [1.54, 1.807) is 7.05 Å². The Morgan fingerprint density at radius 3 is 2.68 bits per heavy atom. The molecule has 0 unspecified atom stereocenters. The molecule has 7 heteroatoms. The van der Waals surface area contributed by atoms with Crippen molar-refractivity contribution in [2.45, 2.75) is 46.1 Å². The zero-order valence-electron chi connectivity index (χ0n) is 17.3. The molecule has 1 aromatic rings. The van der Waals surface area contributed by atoms with Crippen molar-refractivity contribution in [3.63, 3.8) is 0 Å². The first-order valence-corrected chi connectivity index (χ1v) is 10.0. The molecular weight excluding hydrogens is 469 g/mol. The summed E-state index contributed by atoms with van der Waals surface area (Å²) in [6.07, 6.45) is 3.81. The second-order valence-electron chi connectivity index (χ2n) is 6.76. The largest absolute Gasteiger partial charge is 0.494 e. The van der Waals surface area contributed by atoms with Crippen LogP contribution in [0.5, 0.6) is 5.75 Å². The highest BCUT2D eigenvalue weighted by atomic mass is 127. The molecule has 1 aromatic carbocycles. The number of nitrogens with one attached hydrogen (secondary N) is 1. The molecule has 2 rings (SSSR count). The van der Waals surface area contributed by atoms with E-state index < -0.39 is 0 Å². The Labute approximate surface area is 186 Å². The number of halogens is 1. The molecule has 1 heterocycles. The van der Waals surface area contributed by atoms with Crippen molar-refractivity contribution >= 4 is 35.9 Å². The summed E-state index contributed by atoms with van der Waals surface area (Å²) in [5.74, 6) is 1.72. The summed E-state index contributed by atoms with van der Waals surface area (Å²) in [5.41, 5.74) is 1.16. The number of carbonyl (C=O) groups is 1. The lowest BCUT2D eigenvalue weighted by molar-refractivity contribution is -0.149. The van der Waals surface area contributed by atoms with Gasteiger partial charge in [-0.3, -0.25) is 9.79 Å². The van der Waals surface area contributed by atoms with E-state index in [1.807, 2.05) is 19.1 Å². The van der Waals surface area contributed by atoms with Gasteiger partial charge in [0, 0.05) is 26.7 Å². The predicted octanol–water partition coefficient (Wildman–Crippen LogP) is 3.83. The number of likely N-dealkylation sites (tertiary alicyclic amines) is 1. The molecule has 1 fully saturated rings. The van der Waals surface area contributed by atoms with E-state index in [-0.39, 0.29) is 35.9 Å². The molecule has 1 aliphatic heterocycles. The molecule has 1 N–H and O–H groups in total. The zero-order valence-corrected chi connectivity index (χ0v) is 19.6. The van der Waals surface area contributed by atoms with Crippen LogP contribution in [0.2, 0.25) is 0 Å². The average molecular weight is 503 g/mol. The van der Waals surface area contributed by atoms with Crippen LogP contribution in [0, 0.1) is 5.92 Å². The second-order valence-corrected chi connectivity index (χ2v) is 6.76. The number of hydrogen-bond donors (Lipinski definition) is 1. The number of unbranched alkanes of at least 4 members (excludes halogenated alkanes) is 1. The summed E-state index contributed by atoms with van der Waals surface area (Å²) in [7, 11) is 1.80. The molecule has 0 atom stereocenters. The maximum atomic E-state index is 11.9. The van der Waals surface area contributed by atoms with Gasteiger partial charge >= 0.3 is 5.97 Å². The first-order chi connectivity index (χ1) is 13.2. The number of nitrogens with zero attached hydrogens (tertiary/aromatic N) is 2. The quantitative estimate of drug-likeness (QED) is 0.192. The Hall–Kier alpha value is -1.51. The van der Waals surface area contributed by atoms with Gasteiger partial charge in [-0.15, -0.1) is 24.0 Å². The monoisotopic (exact) mass is 503 g/mol. The van der Waals surface area contributed by atoms with Crippen LogP contribution >= 0.6 is 24.0 Å². The topological polar surface area (TPSA) is 63.2 Å². The third-order valence-corrected chi connectivity index (χ3v) is 4.74. The fraction of sp³-hybridized carbons (Fsp3) is 0.619. The molecule has 0 aromatic heterocycles. The molecule has 0 aliphatic carbocycles. The highest BCUT2D eigenvalue weighted by Gasteiger charge is 2.27. The van der Waals surface area contributed by atoms with E-state index in [1.165, 1.54) is 0 Å². The summed E-state index contributed by atoms with van der Waals surface area (Å²) < 4.78 is 10.9. The molecule has 0 spiro atoms. The van der Waals surface area contributed by atoms with Gasteiger partial charge in [0.05, 0.1) is 19.1 Å². The number of ether oxygens (including phenoxy) is 2. The summed E-state index contributed by atoms with van der Waals surface area (Å²) in [5, 5.41) is 3.42. The van der Waals surface area contributed by atoms with Gasteiger partial charge in [-0.05, 0) is 43.9 Å². The summed E-state index contributed by atoms with van der Waals surface area (Å²) in [6.45, 7) is 7.52. The van der Waals surface area contributed by atoms with Crippen LogP contribution in [0.25, 0.3) is 0 Å². The maximum Gasteiger partial charge on any atom is 0.309 e. The fourth-order valence-corrected chi connectivity index (χ4v) is 3.18. The third-order valence-electron chi connectivity index (χ3n) is 4.74.